The van der Waals surface area contributed by atoms with Crippen LogP contribution < -0.4 is 4.90 Å². The van der Waals surface area contributed by atoms with E-state index in [4.69, 9.17) is 0 Å². The van der Waals surface area contributed by atoms with Crippen LogP contribution in [0, 0.1) is 0 Å². The van der Waals surface area contributed by atoms with E-state index in [1.807, 2.05) is 11.3 Å². The van der Waals surface area contributed by atoms with Crippen molar-refractivity contribution >= 4 is 80.9 Å². The second kappa shape index (κ2) is 16.7. The molecule has 0 amide bonds. The summed E-state index contributed by atoms with van der Waals surface area (Å²) in [5.41, 5.74) is 15.4. The van der Waals surface area contributed by atoms with Gasteiger partial charge in [0.1, 0.15) is 0 Å². The normalized spacial score (nSPS) is 11.5. The topological polar surface area (TPSA) is 3.24 Å². The molecule has 2 heteroatoms. The maximum Gasteiger partial charge on any atom is 0.0467 e. The molecular weight excluding hydrogens is 839 g/mol. The molecule has 13 aromatic rings. The van der Waals surface area contributed by atoms with Crippen molar-refractivity contribution in [3.05, 3.63) is 261 Å². The third-order valence-electron chi connectivity index (χ3n) is 13.6. The lowest BCUT2D eigenvalue weighted by molar-refractivity contribution is 1.28. The van der Waals surface area contributed by atoms with Crippen LogP contribution >= 0.6 is 11.3 Å². The Morgan fingerprint density at radius 3 is 1.49 bits per heavy atom. The van der Waals surface area contributed by atoms with Crippen molar-refractivity contribution in [3.63, 3.8) is 0 Å². The van der Waals surface area contributed by atoms with E-state index >= 15 is 0 Å². The molecule has 68 heavy (non-hydrogen) atoms. The van der Waals surface area contributed by atoms with E-state index in [-0.39, 0.29) is 0 Å². The fraction of sp³-hybridized carbons (Fsp3) is 0. The van der Waals surface area contributed by atoms with E-state index in [0.717, 1.165) is 17.1 Å². The number of fused-ring (bicyclic) bond motifs is 7. The summed E-state index contributed by atoms with van der Waals surface area (Å²) in [6.07, 6.45) is 0. The van der Waals surface area contributed by atoms with E-state index in [0.29, 0.717) is 0 Å². The second-order valence-electron chi connectivity index (χ2n) is 17.6. The minimum absolute atomic E-state index is 1.09. The molecule has 0 bridgehead atoms. The third kappa shape index (κ3) is 6.93. The van der Waals surface area contributed by atoms with E-state index in [1.54, 1.807) is 0 Å². The maximum absolute atomic E-state index is 2.41. The molecule has 1 heterocycles. The zero-order valence-corrected chi connectivity index (χ0v) is 38.0. The molecule has 0 unspecified atom stereocenters. The van der Waals surface area contributed by atoms with Gasteiger partial charge in [0.05, 0.1) is 0 Å². The van der Waals surface area contributed by atoms with Gasteiger partial charge in [-0.05, 0) is 143 Å². The molecule has 0 saturated carbocycles. The van der Waals surface area contributed by atoms with E-state index in [1.165, 1.54) is 108 Å². The van der Waals surface area contributed by atoms with Gasteiger partial charge in [0.2, 0.25) is 0 Å². The molecule has 1 nitrogen and oxygen atoms in total. The van der Waals surface area contributed by atoms with Gasteiger partial charge in [-0.3, -0.25) is 0 Å². The van der Waals surface area contributed by atoms with Crippen molar-refractivity contribution in [2.75, 3.05) is 4.90 Å². The smallest absolute Gasteiger partial charge is 0.0467 e. The Morgan fingerprint density at radius 2 is 0.765 bits per heavy atom. The summed E-state index contributed by atoms with van der Waals surface area (Å²) in [6.45, 7) is 0. The molecule has 0 saturated heterocycles. The number of benzene rings is 12. The van der Waals surface area contributed by atoms with Crippen molar-refractivity contribution in [2.45, 2.75) is 0 Å². The van der Waals surface area contributed by atoms with Crippen LogP contribution in [-0.2, 0) is 0 Å². The fourth-order valence-corrected chi connectivity index (χ4v) is 11.6. The molecule has 0 atom stereocenters. The Kier molecular flexibility index (Phi) is 9.77. The zero-order chi connectivity index (χ0) is 45.0. The predicted molar refractivity (Wildman–Crippen MR) is 294 cm³/mol. The summed E-state index contributed by atoms with van der Waals surface area (Å²) < 4.78 is 2.63. The predicted octanol–water partition coefficient (Wildman–Crippen LogP) is 19.3. The molecule has 0 fully saturated rings. The fourth-order valence-electron chi connectivity index (χ4n) is 10.4. The lowest BCUT2D eigenvalue weighted by atomic mass is 9.84. The highest BCUT2D eigenvalue weighted by molar-refractivity contribution is 7.26. The lowest BCUT2D eigenvalue weighted by Crippen LogP contribution is -2.10. The van der Waals surface area contributed by atoms with Crippen molar-refractivity contribution in [3.8, 4) is 55.6 Å². The van der Waals surface area contributed by atoms with Crippen molar-refractivity contribution in [1.29, 1.82) is 0 Å². The van der Waals surface area contributed by atoms with Crippen LogP contribution in [-0.4, -0.2) is 0 Å². The minimum atomic E-state index is 1.09. The summed E-state index contributed by atoms with van der Waals surface area (Å²) in [5, 5.41) is 10.1. The summed E-state index contributed by atoms with van der Waals surface area (Å²) >= 11 is 1.88. The molecule has 1 aromatic heterocycles. The Morgan fingerprint density at radius 1 is 0.250 bits per heavy atom. The van der Waals surface area contributed by atoms with Gasteiger partial charge < -0.3 is 4.90 Å². The summed E-state index contributed by atoms with van der Waals surface area (Å²) in [7, 11) is 0. The molecule has 0 radical (unpaired) electrons. The summed E-state index contributed by atoms with van der Waals surface area (Å²) in [4.78, 5) is 2.40. The van der Waals surface area contributed by atoms with Crippen LogP contribution in [0.25, 0.3) is 108 Å². The van der Waals surface area contributed by atoms with Crippen LogP contribution in [0.4, 0.5) is 17.1 Å². The van der Waals surface area contributed by atoms with E-state index in [9.17, 15) is 0 Å². The first kappa shape index (κ1) is 39.8. The van der Waals surface area contributed by atoms with Crippen molar-refractivity contribution in [1.82, 2.24) is 0 Å². The summed E-state index contributed by atoms with van der Waals surface area (Å²) in [5.74, 6) is 0. The minimum Gasteiger partial charge on any atom is -0.310 e. The molecule has 0 aliphatic rings. The molecule has 0 aliphatic heterocycles. The van der Waals surface area contributed by atoms with Gasteiger partial charge >= 0.3 is 0 Å². The molecule has 0 aliphatic carbocycles. The van der Waals surface area contributed by atoms with Gasteiger partial charge in [0.25, 0.3) is 0 Å². The Hall–Kier alpha value is -8.56. The number of nitrogens with zero attached hydrogens (tertiary/aromatic N) is 1. The molecule has 13 rings (SSSR count). The first-order valence-electron chi connectivity index (χ1n) is 23.3. The van der Waals surface area contributed by atoms with Crippen LogP contribution in [0.5, 0.6) is 0 Å². The van der Waals surface area contributed by atoms with Crippen LogP contribution in [0.2, 0.25) is 0 Å². The molecule has 0 N–H and O–H groups in total. The van der Waals surface area contributed by atoms with Crippen LogP contribution in [0.15, 0.2) is 261 Å². The van der Waals surface area contributed by atoms with Crippen LogP contribution in [0.3, 0.4) is 0 Å². The average molecular weight is 882 g/mol. The molecular formula is C66H43NS. The lowest BCUT2D eigenvalue weighted by Gasteiger charge is -2.26. The quantitative estimate of drug-likeness (QED) is 0.137. The second-order valence-corrected chi connectivity index (χ2v) is 18.7. The van der Waals surface area contributed by atoms with Gasteiger partial charge in [0, 0.05) is 37.2 Å². The third-order valence-corrected chi connectivity index (χ3v) is 14.9. The Balaban J connectivity index is 0.942. The summed E-state index contributed by atoms with van der Waals surface area (Å²) in [6, 6.07) is 95.7. The highest BCUT2D eigenvalue weighted by Crippen LogP contribution is 2.47. The highest BCUT2D eigenvalue weighted by atomic mass is 32.1. The monoisotopic (exact) mass is 881 g/mol. The Labute approximate surface area is 400 Å². The maximum atomic E-state index is 2.41. The van der Waals surface area contributed by atoms with E-state index < -0.39 is 0 Å². The Bertz CT molecular complexity index is 4000. The highest BCUT2D eigenvalue weighted by Gasteiger charge is 2.20. The first-order valence-corrected chi connectivity index (χ1v) is 24.1. The molecule has 318 valence electrons. The zero-order valence-electron chi connectivity index (χ0n) is 37.2. The standard InChI is InChI=1S/C66H43NS/c1-3-16-47(17-4-1)64-60-25-10-9-23-57(60)58-40-35-51(43-62(58)65(64)48-18-5-2-6-19-48)46-33-38-54(39-34-46)67(53-36-31-45(32-37-53)50-30-29-44-15-7-8-20-49(44)41-50)55-22-13-21-52(42-55)56-26-14-27-61-59-24-11-12-28-63(59)68-66(56)61/h1-43H. The number of rotatable bonds is 8. The van der Waals surface area contributed by atoms with Crippen molar-refractivity contribution < 1.29 is 0 Å². The van der Waals surface area contributed by atoms with Crippen molar-refractivity contribution in [2.24, 2.45) is 0 Å². The van der Waals surface area contributed by atoms with E-state index in [2.05, 4.69) is 266 Å². The number of anilines is 3. The number of hydrogen-bond donors (Lipinski definition) is 0. The molecule has 0 spiro atoms. The number of hydrogen-bond acceptors (Lipinski definition) is 2. The first-order chi connectivity index (χ1) is 33.7. The van der Waals surface area contributed by atoms with Gasteiger partial charge in [-0.25, -0.2) is 0 Å². The van der Waals surface area contributed by atoms with Crippen LogP contribution in [0.1, 0.15) is 0 Å². The SMILES string of the molecule is c1ccc(-c2c(-c3ccccc3)c3cc(-c4ccc(N(c5ccc(-c6ccc7ccccc7c6)cc5)c5cccc(-c6cccc7c6sc6ccccc67)c5)cc4)ccc3c3ccccc23)cc1. The van der Waals surface area contributed by atoms with Gasteiger partial charge in [-0.2, -0.15) is 0 Å². The average Bonchev–Trinajstić information content (AvgIpc) is 3.80. The van der Waals surface area contributed by atoms with Gasteiger partial charge in [-0.15, -0.1) is 11.3 Å². The number of thiophene rings is 1. The largest absolute Gasteiger partial charge is 0.310 e. The molecule has 12 aromatic carbocycles. The van der Waals surface area contributed by atoms with Gasteiger partial charge in [0.15, 0.2) is 0 Å². The van der Waals surface area contributed by atoms with Gasteiger partial charge in [-0.1, -0.05) is 206 Å².